The number of carbonyl (C=O) groups is 3. The lowest BCUT2D eigenvalue weighted by molar-refractivity contribution is -0.128. The van der Waals surface area contributed by atoms with Crippen LogP contribution < -0.4 is 5.32 Å². The van der Waals surface area contributed by atoms with Gasteiger partial charge in [0.25, 0.3) is 0 Å². The Kier molecular flexibility index (Phi) is 3.28. The van der Waals surface area contributed by atoms with Crippen LogP contribution in [0, 0.1) is 5.92 Å². The highest BCUT2D eigenvalue weighted by Crippen LogP contribution is 2.32. The molecular formula is C13H14N4O4. The number of aromatic carboxylic acids is 1. The molecule has 2 amide bonds. The van der Waals surface area contributed by atoms with E-state index in [4.69, 9.17) is 5.11 Å². The number of likely N-dealkylation sites (tertiary alicyclic amines) is 1. The van der Waals surface area contributed by atoms with E-state index in [1.165, 1.54) is 12.4 Å². The van der Waals surface area contributed by atoms with Crippen molar-refractivity contribution in [1.82, 2.24) is 14.9 Å². The van der Waals surface area contributed by atoms with Crippen molar-refractivity contribution >= 4 is 23.6 Å². The fraction of sp³-hybridized carbons (Fsp3) is 0.462. The summed E-state index contributed by atoms with van der Waals surface area (Å²) < 4.78 is 0. The summed E-state index contributed by atoms with van der Waals surface area (Å²) in [5, 5.41) is 11.5. The standard InChI is InChI=1S/C13H14N4O4/c18-9-5-7(6-17(9)8-1-2-8)12(19)16-11-10(13(20)21)14-3-4-15-11/h3-4,7-8H,1-2,5-6H2,(H,20,21)(H,15,16,19). The zero-order valence-electron chi connectivity index (χ0n) is 11.2. The average Bonchev–Trinajstić information content (AvgIpc) is 3.22. The summed E-state index contributed by atoms with van der Waals surface area (Å²) in [6.07, 6.45) is 4.69. The molecule has 3 rings (SSSR count). The lowest BCUT2D eigenvalue weighted by Crippen LogP contribution is -2.30. The quantitative estimate of drug-likeness (QED) is 0.814. The highest BCUT2D eigenvalue weighted by Gasteiger charge is 2.41. The maximum Gasteiger partial charge on any atom is 0.358 e. The third kappa shape index (κ3) is 2.69. The zero-order valence-corrected chi connectivity index (χ0v) is 11.2. The van der Waals surface area contributed by atoms with E-state index >= 15 is 0 Å². The number of rotatable bonds is 4. The van der Waals surface area contributed by atoms with Crippen molar-refractivity contribution in [3.8, 4) is 0 Å². The minimum absolute atomic E-state index is 0.0183. The second-order valence-corrected chi connectivity index (χ2v) is 5.23. The first-order valence-electron chi connectivity index (χ1n) is 6.71. The number of carboxylic acid groups (broad SMARTS) is 1. The van der Waals surface area contributed by atoms with Gasteiger partial charge in [0.05, 0.1) is 5.92 Å². The molecule has 0 bridgehead atoms. The lowest BCUT2D eigenvalue weighted by atomic mass is 10.1. The topological polar surface area (TPSA) is 112 Å². The molecule has 1 aromatic rings. The Morgan fingerprint density at radius 1 is 1.29 bits per heavy atom. The monoisotopic (exact) mass is 290 g/mol. The van der Waals surface area contributed by atoms with Gasteiger partial charge in [0.15, 0.2) is 11.5 Å². The molecule has 1 saturated heterocycles. The third-order valence-corrected chi connectivity index (χ3v) is 3.66. The lowest BCUT2D eigenvalue weighted by Gasteiger charge is -2.15. The van der Waals surface area contributed by atoms with Crippen LogP contribution in [-0.4, -0.2) is 50.3 Å². The van der Waals surface area contributed by atoms with Crippen LogP contribution in [0.15, 0.2) is 12.4 Å². The van der Waals surface area contributed by atoms with Gasteiger partial charge in [-0.25, -0.2) is 14.8 Å². The van der Waals surface area contributed by atoms with E-state index in [2.05, 4.69) is 15.3 Å². The van der Waals surface area contributed by atoms with Gasteiger partial charge >= 0.3 is 5.97 Å². The summed E-state index contributed by atoms with van der Waals surface area (Å²) >= 11 is 0. The van der Waals surface area contributed by atoms with Gasteiger partial charge in [-0.05, 0) is 12.8 Å². The zero-order chi connectivity index (χ0) is 15.0. The molecule has 8 nitrogen and oxygen atoms in total. The largest absolute Gasteiger partial charge is 0.476 e. The van der Waals surface area contributed by atoms with Crippen molar-refractivity contribution in [3.05, 3.63) is 18.1 Å². The Bertz CT molecular complexity index is 614. The fourth-order valence-corrected chi connectivity index (χ4v) is 2.45. The number of amides is 2. The molecule has 2 N–H and O–H groups in total. The van der Waals surface area contributed by atoms with E-state index in [0.717, 1.165) is 12.8 Å². The Morgan fingerprint density at radius 3 is 2.67 bits per heavy atom. The molecule has 1 aliphatic heterocycles. The van der Waals surface area contributed by atoms with E-state index in [-0.39, 0.29) is 29.9 Å². The van der Waals surface area contributed by atoms with Crippen LogP contribution in [0.25, 0.3) is 0 Å². The van der Waals surface area contributed by atoms with Crippen LogP contribution in [-0.2, 0) is 9.59 Å². The molecule has 21 heavy (non-hydrogen) atoms. The maximum atomic E-state index is 12.2. The Labute approximate surface area is 120 Å². The molecule has 1 atom stereocenters. The van der Waals surface area contributed by atoms with Crippen LogP contribution >= 0.6 is 0 Å². The highest BCUT2D eigenvalue weighted by atomic mass is 16.4. The first-order valence-corrected chi connectivity index (χ1v) is 6.71. The molecule has 1 aromatic heterocycles. The van der Waals surface area contributed by atoms with Gasteiger partial charge in [0.2, 0.25) is 11.8 Å². The van der Waals surface area contributed by atoms with Crippen LogP contribution in [0.1, 0.15) is 29.8 Å². The minimum Gasteiger partial charge on any atom is -0.476 e. The van der Waals surface area contributed by atoms with Crippen LogP contribution in [0.2, 0.25) is 0 Å². The first kappa shape index (κ1) is 13.5. The van der Waals surface area contributed by atoms with E-state index in [1.807, 2.05) is 0 Å². The van der Waals surface area contributed by atoms with Crippen LogP contribution in [0.5, 0.6) is 0 Å². The molecule has 1 saturated carbocycles. The normalized spacial score (nSPS) is 21.4. The van der Waals surface area contributed by atoms with Gasteiger partial charge in [-0.1, -0.05) is 0 Å². The van der Waals surface area contributed by atoms with Crippen molar-refractivity contribution in [2.45, 2.75) is 25.3 Å². The molecule has 2 fully saturated rings. The number of aromatic nitrogens is 2. The summed E-state index contributed by atoms with van der Waals surface area (Å²) in [6.45, 7) is 0.387. The third-order valence-electron chi connectivity index (χ3n) is 3.66. The van der Waals surface area contributed by atoms with Crippen molar-refractivity contribution < 1.29 is 19.5 Å². The van der Waals surface area contributed by atoms with Crippen molar-refractivity contribution in [3.63, 3.8) is 0 Å². The summed E-state index contributed by atoms with van der Waals surface area (Å²) in [7, 11) is 0. The Hall–Kier alpha value is -2.51. The summed E-state index contributed by atoms with van der Waals surface area (Å²) in [6, 6.07) is 0.279. The van der Waals surface area contributed by atoms with Gasteiger partial charge in [0, 0.05) is 31.4 Å². The molecule has 2 heterocycles. The molecule has 8 heteroatoms. The highest BCUT2D eigenvalue weighted by molar-refractivity contribution is 6.00. The van der Waals surface area contributed by atoms with Crippen molar-refractivity contribution in [2.24, 2.45) is 5.92 Å². The molecule has 1 aliphatic carbocycles. The molecule has 110 valence electrons. The van der Waals surface area contributed by atoms with Gasteiger partial charge in [-0.2, -0.15) is 0 Å². The SMILES string of the molecule is O=C(O)c1nccnc1NC(=O)C1CC(=O)N(C2CC2)C1. The predicted molar refractivity (Wildman–Crippen MR) is 70.5 cm³/mol. The van der Waals surface area contributed by atoms with Gasteiger partial charge < -0.3 is 15.3 Å². The fourth-order valence-electron chi connectivity index (χ4n) is 2.45. The summed E-state index contributed by atoms with van der Waals surface area (Å²) in [4.78, 5) is 44.2. The molecule has 2 aliphatic rings. The smallest absolute Gasteiger partial charge is 0.358 e. The maximum absolute atomic E-state index is 12.2. The van der Waals surface area contributed by atoms with Crippen LogP contribution in [0.4, 0.5) is 5.82 Å². The molecule has 0 radical (unpaired) electrons. The van der Waals surface area contributed by atoms with Gasteiger partial charge in [-0.15, -0.1) is 0 Å². The molecular weight excluding hydrogens is 276 g/mol. The van der Waals surface area contributed by atoms with E-state index in [1.54, 1.807) is 4.90 Å². The molecule has 1 unspecified atom stereocenters. The first-order chi connectivity index (χ1) is 10.1. The Balaban J connectivity index is 1.70. The number of carbonyl (C=O) groups excluding carboxylic acids is 2. The number of carboxylic acids is 1. The second kappa shape index (κ2) is 5.12. The van der Waals surface area contributed by atoms with Gasteiger partial charge in [0.1, 0.15) is 0 Å². The predicted octanol–water partition coefficient (Wildman–Crippen LogP) is 0.124. The number of nitrogens with zero attached hydrogens (tertiary/aromatic N) is 3. The van der Waals surface area contributed by atoms with E-state index in [9.17, 15) is 14.4 Å². The number of nitrogens with one attached hydrogen (secondary N) is 1. The van der Waals surface area contributed by atoms with Gasteiger partial charge in [-0.3, -0.25) is 9.59 Å². The molecule has 0 spiro atoms. The van der Waals surface area contributed by atoms with E-state index < -0.39 is 17.8 Å². The summed E-state index contributed by atoms with van der Waals surface area (Å²) in [5.41, 5.74) is -0.311. The number of hydrogen-bond acceptors (Lipinski definition) is 5. The van der Waals surface area contributed by atoms with Crippen molar-refractivity contribution in [2.75, 3.05) is 11.9 Å². The number of anilines is 1. The van der Waals surface area contributed by atoms with Crippen molar-refractivity contribution in [1.29, 1.82) is 0 Å². The minimum atomic E-state index is -1.26. The second-order valence-electron chi connectivity index (χ2n) is 5.23. The number of hydrogen-bond donors (Lipinski definition) is 2. The van der Waals surface area contributed by atoms with Crippen LogP contribution in [0.3, 0.4) is 0 Å². The Morgan fingerprint density at radius 2 is 2.00 bits per heavy atom. The van der Waals surface area contributed by atoms with E-state index in [0.29, 0.717) is 6.54 Å². The molecule has 0 aromatic carbocycles. The average molecular weight is 290 g/mol. The summed E-state index contributed by atoms with van der Waals surface area (Å²) in [5.74, 6) is -2.24.